The molecule has 0 bridgehead atoms. The molecule has 0 amide bonds. The summed E-state index contributed by atoms with van der Waals surface area (Å²) >= 11 is 0. The number of nitrogens with zero attached hydrogens (tertiary/aromatic N) is 3. The van der Waals surface area contributed by atoms with Gasteiger partial charge in [0.2, 0.25) is 0 Å². The molecule has 5 heteroatoms. The molecule has 0 unspecified atom stereocenters. The van der Waals surface area contributed by atoms with Crippen molar-refractivity contribution in [1.29, 1.82) is 0 Å². The molecule has 0 aliphatic heterocycles. The minimum absolute atomic E-state index is 0.0539. The lowest BCUT2D eigenvalue weighted by molar-refractivity contribution is 0.660. The first-order chi connectivity index (χ1) is 24.1. The van der Waals surface area contributed by atoms with Gasteiger partial charge in [0.25, 0.3) is 0 Å². The second-order valence-electron chi connectivity index (χ2n) is 15.0. The number of fused-ring (bicyclic) bond motifs is 6. The van der Waals surface area contributed by atoms with E-state index in [0.717, 1.165) is 44.2 Å². The van der Waals surface area contributed by atoms with Crippen molar-refractivity contribution >= 4 is 35.2 Å². The highest BCUT2D eigenvalue weighted by Crippen LogP contribution is 2.49. The molecule has 8 aromatic rings. The van der Waals surface area contributed by atoms with E-state index in [2.05, 4.69) is 124 Å². The third kappa shape index (κ3) is 5.00. The molecule has 0 saturated heterocycles. The Labute approximate surface area is 293 Å². The molecule has 0 saturated carbocycles. The molecule has 2 aromatic heterocycles. The highest BCUT2D eigenvalue weighted by Gasteiger charge is 2.35. The van der Waals surface area contributed by atoms with E-state index in [4.69, 9.17) is 19.4 Å². The van der Waals surface area contributed by atoms with Gasteiger partial charge in [-0.15, -0.1) is 0 Å². The van der Waals surface area contributed by atoms with Gasteiger partial charge in [0.05, 0.1) is 8.07 Å². The number of hydrogen-bond donors (Lipinski definition) is 0. The average Bonchev–Trinajstić information content (AvgIpc) is 3.62. The van der Waals surface area contributed by atoms with E-state index in [0.29, 0.717) is 17.5 Å². The van der Waals surface area contributed by atoms with E-state index < -0.39 is 8.07 Å². The predicted octanol–water partition coefficient (Wildman–Crippen LogP) is 11.3. The van der Waals surface area contributed by atoms with E-state index in [-0.39, 0.29) is 5.41 Å². The van der Waals surface area contributed by atoms with Gasteiger partial charge in [0.1, 0.15) is 11.2 Å². The maximum atomic E-state index is 6.36. The van der Waals surface area contributed by atoms with E-state index in [1.807, 2.05) is 42.5 Å². The Balaban J connectivity index is 1.15. The van der Waals surface area contributed by atoms with Crippen LogP contribution in [-0.2, 0) is 5.41 Å². The van der Waals surface area contributed by atoms with Crippen LogP contribution in [0.1, 0.15) is 25.0 Å². The Morgan fingerprint density at radius 1 is 0.460 bits per heavy atom. The summed E-state index contributed by atoms with van der Waals surface area (Å²) < 4.78 is 6.36. The lowest BCUT2D eigenvalue weighted by Crippen LogP contribution is -2.37. The Bertz CT molecular complexity index is 2600. The number of benzene rings is 6. The van der Waals surface area contributed by atoms with Gasteiger partial charge >= 0.3 is 0 Å². The highest BCUT2D eigenvalue weighted by molar-refractivity contribution is 6.88. The first-order valence-corrected chi connectivity index (χ1v) is 20.8. The largest absolute Gasteiger partial charge is 0.456 e. The van der Waals surface area contributed by atoms with Crippen LogP contribution < -0.4 is 5.19 Å². The van der Waals surface area contributed by atoms with Crippen LogP contribution in [0, 0.1) is 0 Å². The maximum absolute atomic E-state index is 6.36. The van der Waals surface area contributed by atoms with Crippen molar-refractivity contribution in [3.05, 3.63) is 145 Å². The third-order valence-corrected chi connectivity index (χ3v) is 12.4. The van der Waals surface area contributed by atoms with Crippen molar-refractivity contribution in [3.8, 4) is 56.4 Å². The molecular weight excluding hydrogens is 627 g/mol. The van der Waals surface area contributed by atoms with Crippen molar-refractivity contribution < 1.29 is 4.42 Å². The quantitative estimate of drug-likeness (QED) is 0.172. The van der Waals surface area contributed by atoms with Crippen molar-refractivity contribution in [2.24, 2.45) is 0 Å². The normalized spacial score (nSPS) is 13.5. The lowest BCUT2D eigenvalue weighted by atomic mass is 9.81. The fourth-order valence-corrected chi connectivity index (χ4v) is 8.62. The fourth-order valence-electron chi connectivity index (χ4n) is 7.45. The average molecular weight is 664 g/mol. The standard InChI is InChI=1S/C45H37N3OSi/c1-45(2)38-14-10-9-13-34(38)35-22-17-31(27-39(35)45)30-18-23-40-36(25-30)37-26-32(19-24-41(37)49-40)44-47-42(28-11-7-6-8-12-28)46-43(48-44)29-15-20-33(21-16-29)50(3,4)5/h6-27H,1-5H3. The summed E-state index contributed by atoms with van der Waals surface area (Å²) in [5, 5.41) is 3.52. The Morgan fingerprint density at radius 3 is 1.64 bits per heavy atom. The molecule has 9 rings (SSSR count). The van der Waals surface area contributed by atoms with Gasteiger partial charge in [0.15, 0.2) is 17.5 Å². The maximum Gasteiger partial charge on any atom is 0.164 e. The van der Waals surface area contributed by atoms with Gasteiger partial charge < -0.3 is 4.42 Å². The number of rotatable bonds is 5. The number of furan rings is 1. The molecule has 2 heterocycles. The second kappa shape index (κ2) is 11.2. The summed E-state index contributed by atoms with van der Waals surface area (Å²) in [6.07, 6.45) is 0. The van der Waals surface area contributed by atoms with E-state index in [9.17, 15) is 0 Å². The monoisotopic (exact) mass is 663 g/mol. The van der Waals surface area contributed by atoms with Crippen LogP contribution in [0.5, 0.6) is 0 Å². The van der Waals surface area contributed by atoms with Crippen LogP contribution in [0.2, 0.25) is 19.6 Å². The molecule has 1 aliphatic rings. The molecule has 6 aromatic carbocycles. The summed E-state index contributed by atoms with van der Waals surface area (Å²) in [4.78, 5) is 15.0. The van der Waals surface area contributed by atoms with Crippen molar-refractivity contribution in [2.75, 3.05) is 0 Å². The molecule has 0 N–H and O–H groups in total. The van der Waals surface area contributed by atoms with Gasteiger partial charge in [-0.3, -0.25) is 0 Å². The molecule has 0 spiro atoms. The lowest BCUT2D eigenvalue weighted by Gasteiger charge is -2.22. The molecule has 0 radical (unpaired) electrons. The smallest absolute Gasteiger partial charge is 0.164 e. The topological polar surface area (TPSA) is 51.8 Å². The third-order valence-electron chi connectivity index (χ3n) is 10.3. The number of hydrogen-bond acceptors (Lipinski definition) is 4. The van der Waals surface area contributed by atoms with Gasteiger partial charge in [-0.2, -0.15) is 0 Å². The number of aromatic nitrogens is 3. The highest BCUT2D eigenvalue weighted by atomic mass is 28.3. The Hall–Kier alpha value is -5.65. The van der Waals surface area contributed by atoms with Crippen LogP contribution in [0.25, 0.3) is 78.4 Å². The van der Waals surface area contributed by atoms with Crippen LogP contribution in [0.4, 0.5) is 0 Å². The predicted molar refractivity (Wildman–Crippen MR) is 209 cm³/mol. The zero-order valence-corrected chi connectivity index (χ0v) is 30.0. The van der Waals surface area contributed by atoms with Gasteiger partial charge in [-0.25, -0.2) is 15.0 Å². The minimum atomic E-state index is -1.44. The Morgan fingerprint density at radius 2 is 0.960 bits per heavy atom. The van der Waals surface area contributed by atoms with Gasteiger partial charge in [0, 0.05) is 32.9 Å². The van der Waals surface area contributed by atoms with E-state index in [1.165, 1.54) is 33.0 Å². The van der Waals surface area contributed by atoms with Crippen LogP contribution >= 0.6 is 0 Å². The van der Waals surface area contributed by atoms with Crippen molar-refractivity contribution in [1.82, 2.24) is 15.0 Å². The first kappa shape index (κ1) is 30.4. The van der Waals surface area contributed by atoms with Crippen molar-refractivity contribution in [3.63, 3.8) is 0 Å². The van der Waals surface area contributed by atoms with Crippen molar-refractivity contribution in [2.45, 2.75) is 38.9 Å². The minimum Gasteiger partial charge on any atom is -0.456 e. The molecule has 242 valence electrons. The zero-order valence-electron chi connectivity index (χ0n) is 29.0. The fraction of sp³-hybridized carbons (Fsp3) is 0.133. The molecule has 0 fully saturated rings. The zero-order chi connectivity index (χ0) is 34.2. The molecular formula is C45H37N3OSi. The summed E-state index contributed by atoms with van der Waals surface area (Å²) in [6.45, 7) is 11.7. The molecule has 4 nitrogen and oxygen atoms in total. The van der Waals surface area contributed by atoms with E-state index in [1.54, 1.807) is 0 Å². The van der Waals surface area contributed by atoms with Gasteiger partial charge in [-0.05, 0) is 69.8 Å². The SMILES string of the molecule is CC1(C)c2ccccc2-c2ccc(-c3ccc4oc5ccc(-c6nc(-c7ccccc7)nc(-c7ccc([Si](C)(C)C)cc7)n6)cc5c4c3)cc21. The first-order valence-electron chi connectivity index (χ1n) is 17.3. The van der Waals surface area contributed by atoms with Gasteiger partial charge in [-0.1, -0.05) is 136 Å². The summed E-state index contributed by atoms with van der Waals surface area (Å²) in [7, 11) is -1.44. The summed E-state index contributed by atoms with van der Waals surface area (Å²) in [5.41, 5.74) is 12.3. The summed E-state index contributed by atoms with van der Waals surface area (Å²) in [6, 6.07) is 47.4. The molecule has 0 atom stereocenters. The summed E-state index contributed by atoms with van der Waals surface area (Å²) in [5.74, 6) is 1.95. The van der Waals surface area contributed by atoms with Crippen LogP contribution in [0.15, 0.2) is 138 Å². The second-order valence-corrected chi connectivity index (χ2v) is 20.0. The van der Waals surface area contributed by atoms with E-state index >= 15 is 0 Å². The Kier molecular flexibility index (Phi) is 6.81. The van der Waals surface area contributed by atoms with Crippen LogP contribution in [-0.4, -0.2) is 23.0 Å². The molecule has 1 aliphatic carbocycles. The van der Waals surface area contributed by atoms with Crippen LogP contribution in [0.3, 0.4) is 0 Å². The molecule has 50 heavy (non-hydrogen) atoms.